The van der Waals surface area contributed by atoms with Crippen LogP contribution in [0.15, 0.2) is 237 Å². The van der Waals surface area contributed by atoms with E-state index in [-0.39, 0.29) is 0 Å². The first kappa shape index (κ1) is 34.8. The van der Waals surface area contributed by atoms with E-state index in [0.29, 0.717) is 0 Å². The summed E-state index contributed by atoms with van der Waals surface area (Å²) in [6, 6.07) is 88.0. The number of anilines is 3. The predicted octanol–water partition coefficient (Wildman–Crippen LogP) is 16.3. The smallest absolute Gasteiger partial charge is 0.0746 e. The Morgan fingerprint density at radius 1 is 0.258 bits per heavy atom. The number of para-hydroxylation sites is 1. The van der Waals surface area contributed by atoms with Crippen molar-refractivity contribution in [1.29, 1.82) is 0 Å². The van der Waals surface area contributed by atoms with E-state index >= 15 is 0 Å². The summed E-state index contributed by atoms with van der Waals surface area (Å²) in [6.45, 7) is 0. The Kier molecular flexibility index (Phi) is 7.59. The predicted molar refractivity (Wildman–Crippen MR) is 261 cm³/mol. The molecule has 2 aliphatic carbocycles. The first-order valence-electron chi connectivity index (χ1n) is 21.6. The van der Waals surface area contributed by atoms with Gasteiger partial charge in [-0.3, -0.25) is 0 Å². The molecule has 62 heavy (non-hydrogen) atoms. The second-order valence-electron chi connectivity index (χ2n) is 16.7. The fourth-order valence-electron chi connectivity index (χ4n) is 11.1. The Labute approximate surface area is 361 Å². The minimum absolute atomic E-state index is 0.598. The number of nitrogens with zero attached hydrogens (tertiary/aromatic N) is 1. The third-order valence-corrected chi connectivity index (χ3v) is 13.6. The quantitative estimate of drug-likeness (QED) is 0.157. The van der Waals surface area contributed by atoms with Gasteiger partial charge in [0.05, 0.1) is 16.8 Å². The second-order valence-corrected chi connectivity index (χ2v) is 16.7. The number of rotatable bonds is 5. The van der Waals surface area contributed by atoms with Gasteiger partial charge in [0.2, 0.25) is 0 Å². The van der Waals surface area contributed by atoms with Crippen molar-refractivity contribution in [2.75, 3.05) is 4.90 Å². The summed E-state index contributed by atoms with van der Waals surface area (Å²) >= 11 is 0. The van der Waals surface area contributed by atoms with Gasteiger partial charge in [0.25, 0.3) is 0 Å². The van der Waals surface area contributed by atoms with E-state index in [4.69, 9.17) is 0 Å². The highest BCUT2D eigenvalue weighted by molar-refractivity contribution is 6.26. The Hall–Kier alpha value is -8.00. The zero-order valence-electron chi connectivity index (χ0n) is 34.0. The summed E-state index contributed by atoms with van der Waals surface area (Å²) in [7, 11) is 0. The highest BCUT2D eigenvalue weighted by atomic mass is 15.1. The second kappa shape index (κ2) is 13.5. The minimum Gasteiger partial charge on any atom is -0.310 e. The van der Waals surface area contributed by atoms with Gasteiger partial charge >= 0.3 is 0 Å². The highest BCUT2D eigenvalue weighted by Gasteiger charge is 2.53. The van der Waals surface area contributed by atoms with Gasteiger partial charge in [0.15, 0.2) is 0 Å². The van der Waals surface area contributed by atoms with E-state index in [1.54, 1.807) is 0 Å². The molecular weight excluding hydrogens is 747 g/mol. The maximum atomic E-state index is 2.57. The van der Waals surface area contributed by atoms with Crippen molar-refractivity contribution in [3.63, 3.8) is 0 Å². The van der Waals surface area contributed by atoms with Crippen LogP contribution in [0.1, 0.15) is 22.3 Å². The first-order valence-corrected chi connectivity index (χ1v) is 21.6. The average molecular weight is 786 g/mol. The molecular formula is C61H39N. The van der Waals surface area contributed by atoms with Crippen LogP contribution in [0.5, 0.6) is 0 Å². The van der Waals surface area contributed by atoms with Gasteiger partial charge in [0.1, 0.15) is 0 Å². The summed E-state index contributed by atoms with van der Waals surface area (Å²) in [5.74, 6) is 0. The van der Waals surface area contributed by atoms with Crippen LogP contribution in [-0.2, 0) is 5.41 Å². The monoisotopic (exact) mass is 785 g/mol. The molecule has 11 aromatic rings. The van der Waals surface area contributed by atoms with Crippen molar-refractivity contribution in [2.24, 2.45) is 0 Å². The molecule has 1 atom stereocenters. The third-order valence-electron chi connectivity index (χ3n) is 13.6. The summed E-state index contributed by atoms with van der Waals surface area (Å²) < 4.78 is 0. The van der Waals surface area contributed by atoms with Gasteiger partial charge in [-0.15, -0.1) is 0 Å². The Bertz CT molecular complexity index is 3570. The molecule has 13 rings (SSSR count). The summed E-state index contributed by atoms with van der Waals surface area (Å²) in [5.41, 5.74) is 18.0. The fraction of sp³-hybridized carbons (Fsp3) is 0.0164. The zero-order valence-corrected chi connectivity index (χ0v) is 34.0. The van der Waals surface area contributed by atoms with Gasteiger partial charge < -0.3 is 4.90 Å². The molecule has 0 bridgehead atoms. The van der Waals surface area contributed by atoms with E-state index in [9.17, 15) is 0 Å². The molecule has 0 aliphatic heterocycles. The van der Waals surface area contributed by atoms with Crippen molar-refractivity contribution < 1.29 is 0 Å². The SMILES string of the molecule is c1ccc(-c2ccc(N(c3ccccc3-c3ccccc3)c3cccc4c3C3(c5ccccc5-c5cc6c7ccccc7c7ccccc7c6cc53)c3ccccc3-4)cc2)cc1. The van der Waals surface area contributed by atoms with Crippen molar-refractivity contribution >= 4 is 49.4 Å². The van der Waals surface area contributed by atoms with Crippen LogP contribution in [0.25, 0.3) is 76.8 Å². The van der Waals surface area contributed by atoms with Crippen LogP contribution in [0.4, 0.5) is 17.1 Å². The van der Waals surface area contributed by atoms with Gasteiger partial charge in [-0.05, 0) is 124 Å². The maximum absolute atomic E-state index is 2.57. The van der Waals surface area contributed by atoms with Crippen LogP contribution in [0, 0.1) is 0 Å². The van der Waals surface area contributed by atoms with E-state index < -0.39 is 5.41 Å². The number of hydrogen-bond acceptors (Lipinski definition) is 1. The summed E-state index contributed by atoms with van der Waals surface area (Å²) in [5, 5.41) is 7.74. The van der Waals surface area contributed by atoms with Crippen LogP contribution in [0.2, 0.25) is 0 Å². The molecule has 2 aliphatic rings. The van der Waals surface area contributed by atoms with Gasteiger partial charge in [-0.25, -0.2) is 0 Å². The standard InChI is InChI=1S/C61H39N/c1-3-18-40(19-4-1)41-34-36-43(37-35-41)62(58-32-16-13-22-44(58)42-20-5-2-6-21-42)59-33-17-29-51-49-27-11-14-30-55(49)61(60(51)59)56-31-15-12-28-50(56)54-38-52-47-25-9-7-23-45(47)46-24-8-10-26-48(46)53(52)39-57(54)61/h1-39H. The molecule has 1 nitrogen and oxygen atoms in total. The lowest BCUT2D eigenvalue weighted by Crippen LogP contribution is -2.28. The topological polar surface area (TPSA) is 3.24 Å². The van der Waals surface area contributed by atoms with E-state index in [0.717, 1.165) is 11.4 Å². The number of fused-ring (bicyclic) bond motifs is 16. The van der Waals surface area contributed by atoms with Crippen molar-refractivity contribution in [1.82, 2.24) is 0 Å². The normalized spacial score (nSPS) is 14.5. The van der Waals surface area contributed by atoms with E-state index in [1.807, 2.05) is 0 Å². The van der Waals surface area contributed by atoms with E-state index in [2.05, 4.69) is 241 Å². The molecule has 0 heterocycles. The van der Waals surface area contributed by atoms with Crippen molar-refractivity contribution in [3.8, 4) is 44.5 Å². The fourth-order valence-corrected chi connectivity index (χ4v) is 11.1. The van der Waals surface area contributed by atoms with Gasteiger partial charge in [-0.2, -0.15) is 0 Å². The molecule has 1 spiro atoms. The number of benzene rings is 11. The molecule has 0 aromatic heterocycles. The van der Waals surface area contributed by atoms with Crippen LogP contribution >= 0.6 is 0 Å². The van der Waals surface area contributed by atoms with Crippen LogP contribution < -0.4 is 4.90 Å². The first-order chi connectivity index (χ1) is 30.8. The third kappa shape index (κ3) is 4.85. The molecule has 1 heteroatoms. The lowest BCUT2D eigenvalue weighted by molar-refractivity contribution is 0.794. The van der Waals surface area contributed by atoms with E-state index in [1.165, 1.54) is 105 Å². The molecule has 1 unspecified atom stereocenters. The van der Waals surface area contributed by atoms with Crippen molar-refractivity contribution in [2.45, 2.75) is 5.41 Å². The molecule has 0 N–H and O–H groups in total. The maximum Gasteiger partial charge on any atom is 0.0746 e. The Balaban J connectivity index is 1.16. The lowest BCUT2D eigenvalue weighted by atomic mass is 9.69. The Morgan fingerprint density at radius 2 is 0.710 bits per heavy atom. The van der Waals surface area contributed by atoms with Crippen LogP contribution in [-0.4, -0.2) is 0 Å². The Morgan fingerprint density at radius 3 is 1.35 bits per heavy atom. The largest absolute Gasteiger partial charge is 0.310 e. The molecule has 0 amide bonds. The van der Waals surface area contributed by atoms with Crippen LogP contribution in [0.3, 0.4) is 0 Å². The van der Waals surface area contributed by atoms with Crippen molar-refractivity contribution in [3.05, 3.63) is 259 Å². The lowest BCUT2D eigenvalue weighted by Gasteiger charge is -2.36. The molecule has 0 radical (unpaired) electrons. The average Bonchev–Trinajstić information content (AvgIpc) is 3.82. The minimum atomic E-state index is -0.598. The molecule has 11 aromatic carbocycles. The van der Waals surface area contributed by atoms with Gasteiger partial charge in [0, 0.05) is 16.8 Å². The zero-order chi connectivity index (χ0) is 40.8. The molecule has 0 fully saturated rings. The highest BCUT2D eigenvalue weighted by Crippen LogP contribution is 2.66. The van der Waals surface area contributed by atoms with Gasteiger partial charge in [-0.1, -0.05) is 200 Å². The summed E-state index contributed by atoms with van der Waals surface area (Å²) in [6.07, 6.45) is 0. The molecule has 0 saturated heterocycles. The number of hydrogen-bond donors (Lipinski definition) is 0. The summed E-state index contributed by atoms with van der Waals surface area (Å²) in [4.78, 5) is 2.54. The molecule has 0 saturated carbocycles. The molecule has 288 valence electrons.